The van der Waals surface area contributed by atoms with Crippen molar-refractivity contribution in [2.45, 2.75) is 24.6 Å². The Morgan fingerprint density at radius 3 is 2.12 bits per heavy atom. The van der Waals surface area contributed by atoms with Crippen LogP contribution >= 0.6 is 23.2 Å². The summed E-state index contributed by atoms with van der Waals surface area (Å²) < 4.78 is 48.9. The fraction of sp³-hybridized carbons (Fsp3) is 0.217. The molecule has 0 spiro atoms. The van der Waals surface area contributed by atoms with E-state index in [-0.39, 0.29) is 32.7 Å². The summed E-state index contributed by atoms with van der Waals surface area (Å²) in [5.74, 6) is -2.44. The summed E-state index contributed by atoms with van der Waals surface area (Å²) in [5.41, 5.74) is -4.52. The lowest BCUT2D eigenvalue weighted by molar-refractivity contribution is -0.274. The molecule has 0 aliphatic carbocycles. The van der Waals surface area contributed by atoms with Gasteiger partial charge in [0.25, 0.3) is 0 Å². The molecule has 0 radical (unpaired) electrons. The lowest BCUT2D eigenvalue weighted by Gasteiger charge is -2.37. The quantitative estimate of drug-likeness (QED) is 0.437. The predicted octanol–water partition coefficient (Wildman–Crippen LogP) is 5.74. The van der Waals surface area contributed by atoms with Crippen LogP contribution in [-0.2, 0) is 12.6 Å². The summed E-state index contributed by atoms with van der Waals surface area (Å²) in [6, 6.07) is 9.67. The van der Waals surface area contributed by atoms with Crippen molar-refractivity contribution in [1.29, 1.82) is 0 Å². The van der Waals surface area contributed by atoms with E-state index in [1.807, 2.05) is 0 Å². The molecule has 0 aliphatic heterocycles. The molecule has 2 unspecified atom stereocenters. The molecular weight excluding hydrogens is 498 g/mol. The maximum atomic E-state index is 14.1. The van der Waals surface area contributed by atoms with E-state index in [1.165, 1.54) is 50.4 Å². The summed E-state index contributed by atoms with van der Waals surface area (Å²) in [6.07, 6.45) is -4.16. The molecule has 2 atom stereocenters. The van der Waals surface area contributed by atoms with Crippen LogP contribution in [0.4, 0.5) is 13.2 Å². The number of benzene rings is 2. The van der Waals surface area contributed by atoms with Gasteiger partial charge in [-0.1, -0.05) is 36.2 Å². The Kier molecular flexibility index (Phi) is 7.02. The van der Waals surface area contributed by atoms with Gasteiger partial charge in [-0.15, -0.1) is 0 Å². The van der Waals surface area contributed by atoms with Gasteiger partial charge in [0.2, 0.25) is 5.56 Å². The first-order valence-electron chi connectivity index (χ1n) is 9.72. The van der Waals surface area contributed by atoms with Crippen LogP contribution in [0.1, 0.15) is 34.3 Å². The van der Waals surface area contributed by atoms with Crippen LogP contribution in [0.15, 0.2) is 59.5 Å². The molecule has 2 aromatic carbocycles. The van der Waals surface area contributed by atoms with Gasteiger partial charge in [-0.05, 0) is 35.9 Å². The zero-order valence-corrected chi connectivity index (χ0v) is 19.2. The molecule has 180 valence electrons. The smallest absolute Gasteiger partial charge is 0.422 e. The van der Waals surface area contributed by atoms with Crippen LogP contribution in [0.25, 0.3) is 0 Å². The molecule has 0 bridgehead atoms. The molecule has 0 saturated heterocycles. The Labute approximate surface area is 201 Å². The zero-order valence-electron chi connectivity index (χ0n) is 17.7. The van der Waals surface area contributed by atoms with E-state index >= 15 is 0 Å². The minimum Gasteiger partial charge on any atom is -0.478 e. The second-order valence-electron chi connectivity index (χ2n) is 7.58. The molecule has 1 heterocycles. The highest BCUT2D eigenvalue weighted by Gasteiger charge is 2.59. The first kappa shape index (κ1) is 25.6. The molecule has 11 heteroatoms. The maximum absolute atomic E-state index is 14.1. The van der Waals surface area contributed by atoms with Gasteiger partial charge in [-0.2, -0.15) is 13.2 Å². The number of alkyl halides is 3. The van der Waals surface area contributed by atoms with Crippen molar-refractivity contribution in [2.24, 2.45) is 7.05 Å². The van der Waals surface area contributed by atoms with E-state index in [2.05, 4.69) is 0 Å². The monoisotopic (exact) mass is 515 g/mol. The van der Waals surface area contributed by atoms with Crippen LogP contribution in [0.5, 0.6) is 11.5 Å². The third-order valence-electron chi connectivity index (χ3n) is 5.43. The van der Waals surface area contributed by atoms with Gasteiger partial charge in [0.1, 0.15) is 11.5 Å². The first-order valence-corrected chi connectivity index (χ1v) is 10.5. The lowest BCUT2D eigenvalue weighted by atomic mass is 9.78. The molecule has 0 amide bonds. The van der Waals surface area contributed by atoms with Crippen LogP contribution in [0.2, 0.25) is 10.0 Å². The second-order valence-corrected chi connectivity index (χ2v) is 8.40. The number of nitrogens with zero attached hydrogens (tertiary/aromatic N) is 1. The predicted molar refractivity (Wildman–Crippen MR) is 120 cm³/mol. The van der Waals surface area contributed by atoms with E-state index in [1.54, 1.807) is 0 Å². The Balaban J connectivity index is 1.97. The molecule has 34 heavy (non-hydrogen) atoms. The van der Waals surface area contributed by atoms with Gasteiger partial charge in [-0.25, -0.2) is 4.79 Å². The Morgan fingerprint density at radius 2 is 1.62 bits per heavy atom. The van der Waals surface area contributed by atoms with Gasteiger partial charge in [0.15, 0.2) is 5.60 Å². The Bertz CT molecular complexity index is 1310. The van der Waals surface area contributed by atoms with Gasteiger partial charge >= 0.3 is 12.1 Å². The van der Waals surface area contributed by atoms with Crippen molar-refractivity contribution in [3.05, 3.63) is 91.8 Å². The number of aryl methyl sites for hydroxylation is 1. The van der Waals surface area contributed by atoms with Gasteiger partial charge in [-0.3, -0.25) is 4.79 Å². The van der Waals surface area contributed by atoms with E-state index < -0.39 is 34.8 Å². The van der Waals surface area contributed by atoms with E-state index in [4.69, 9.17) is 33.0 Å². The second kappa shape index (κ2) is 9.32. The summed E-state index contributed by atoms with van der Waals surface area (Å²) in [6.45, 7) is 1.17. The summed E-state index contributed by atoms with van der Waals surface area (Å²) in [7, 11) is 1.28. The SMILES string of the molecule is CC(c1ccc(Oc2ccc(C(=O)O)c(Cl)c2)cc1Cl)C(O)(c1ccc(=O)n(C)c1)C(F)(F)F. The lowest BCUT2D eigenvalue weighted by Crippen LogP contribution is -2.47. The first-order chi connectivity index (χ1) is 15.8. The maximum Gasteiger partial charge on any atom is 0.422 e. The van der Waals surface area contributed by atoms with Gasteiger partial charge < -0.3 is 19.5 Å². The highest BCUT2D eigenvalue weighted by molar-refractivity contribution is 6.33. The number of carbonyl (C=O) groups is 1. The van der Waals surface area contributed by atoms with Crippen molar-refractivity contribution in [2.75, 3.05) is 0 Å². The Morgan fingerprint density at radius 1 is 1.03 bits per heavy atom. The summed E-state index contributed by atoms with van der Waals surface area (Å²) >= 11 is 12.2. The molecule has 6 nitrogen and oxygen atoms in total. The number of rotatable bonds is 6. The van der Waals surface area contributed by atoms with Crippen LogP contribution in [0, 0.1) is 0 Å². The molecule has 0 saturated carbocycles. The summed E-state index contributed by atoms with van der Waals surface area (Å²) in [4.78, 5) is 22.7. The zero-order chi connectivity index (χ0) is 25.4. The number of hydrogen-bond donors (Lipinski definition) is 2. The number of carboxylic acids is 1. The van der Waals surface area contributed by atoms with Crippen LogP contribution in [0.3, 0.4) is 0 Å². The normalized spacial score (nSPS) is 14.4. The van der Waals surface area contributed by atoms with Crippen molar-refractivity contribution in [3.8, 4) is 11.5 Å². The fourth-order valence-electron chi connectivity index (χ4n) is 3.49. The van der Waals surface area contributed by atoms with E-state index in [9.17, 15) is 27.9 Å². The van der Waals surface area contributed by atoms with Crippen molar-refractivity contribution in [3.63, 3.8) is 0 Å². The van der Waals surface area contributed by atoms with Crippen molar-refractivity contribution >= 4 is 29.2 Å². The number of hydrogen-bond acceptors (Lipinski definition) is 4. The number of aromatic carboxylic acids is 1. The van der Waals surface area contributed by atoms with Crippen molar-refractivity contribution in [1.82, 2.24) is 4.57 Å². The van der Waals surface area contributed by atoms with Crippen LogP contribution < -0.4 is 10.3 Å². The number of pyridine rings is 1. The highest BCUT2D eigenvalue weighted by Crippen LogP contribution is 2.50. The number of carboxylic acid groups (broad SMARTS) is 1. The highest BCUT2D eigenvalue weighted by atomic mass is 35.5. The number of aromatic nitrogens is 1. The van der Waals surface area contributed by atoms with E-state index in [0.717, 1.165) is 22.9 Å². The molecule has 0 aliphatic rings. The van der Waals surface area contributed by atoms with Gasteiger partial charge in [0.05, 0.1) is 10.6 Å². The molecule has 3 aromatic rings. The molecule has 3 rings (SSSR count). The standard InChI is InChI=1S/C23H18Cl2F3NO5/c1-12(22(33,23(26,27)28)13-3-8-20(30)29(2)11-13)16-6-4-14(9-18(16)24)34-15-5-7-17(21(31)32)19(25)10-15/h3-12,33H,1-2H3,(H,31,32). The molecular formula is C23H18Cl2F3NO5. The third kappa shape index (κ3) is 4.77. The number of aliphatic hydroxyl groups is 1. The van der Waals surface area contributed by atoms with Gasteiger partial charge in [0, 0.05) is 41.9 Å². The molecule has 0 fully saturated rings. The van der Waals surface area contributed by atoms with Crippen molar-refractivity contribution < 1.29 is 32.9 Å². The minimum atomic E-state index is -5.09. The minimum absolute atomic E-state index is 0.0121. The topological polar surface area (TPSA) is 88.8 Å². The molecule has 2 N–H and O–H groups in total. The third-order valence-corrected chi connectivity index (χ3v) is 6.07. The average molecular weight is 516 g/mol. The van der Waals surface area contributed by atoms with E-state index in [0.29, 0.717) is 0 Å². The summed E-state index contributed by atoms with van der Waals surface area (Å²) in [5, 5.41) is 19.8. The number of halogens is 5. The number of ether oxygens (including phenoxy) is 1. The molecule has 1 aromatic heterocycles. The Hall–Kier alpha value is -3.01. The average Bonchev–Trinajstić information content (AvgIpc) is 2.73. The van der Waals surface area contributed by atoms with Crippen LogP contribution in [-0.4, -0.2) is 26.9 Å². The fourth-order valence-corrected chi connectivity index (χ4v) is 4.08. The largest absolute Gasteiger partial charge is 0.478 e.